The normalized spacial score (nSPS) is 12.4. The van der Waals surface area contributed by atoms with Crippen LogP contribution in [0.2, 0.25) is 5.02 Å². The van der Waals surface area contributed by atoms with Gasteiger partial charge < -0.3 is 5.32 Å². The predicted octanol–water partition coefficient (Wildman–Crippen LogP) is 5.13. The maximum Gasteiger partial charge on any atom is 0.137 e. The summed E-state index contributed by atoms with van der Waals surface area (Å²) in [6.45, 7) is 2.89. The minimum Gasteiger partial charge on any atom is -0.310 e. The van der Waals surface area contributed by atoms with Crippen molar-refractivity contribution in [3.63, 3.8) is 0 Å². The minimum absolute atomic E-state index is 0.108. The molecular weight excluding hydrogens is 341 g/mol. The van der Waals surface area contributed by atoms with Crippen LogP contribution in [0.5, 0.6) is 0 Å². The highest BCUT2D eigenvalue weighted by Crippen LogP contribution is 2.27. The molecule has 2 aromatic rings. The third kappa shape index (κ3) is 3.81. The Bertz CT molecular complexity index is 588. The minimum atomic E-state index is -0.233. The fourth-order valence-corrected chi connectivity index (χ4v) is 2.83. The van der Waals surface area contributed by atoms with E-state index in [9.17, 15) is 4.39 Å². The van der Waals surface area contributed by atoms with Crippen LogP contribution in [0.25, 0.3) is 0 Å². The van der Waals surface area contributed by atoms with Crippen LogP contribution in [-0.4, -0.2) is 6.54 Å². The quantitative estimate of drug-likeness (QED) is 0.782. The molecule has 0 aliphatic heterocycles. The molecule has 0 aliphatic rings. The molecule has 2 aromatic carbocycles. The maximum absolute atomic E-state index is 13.6. The standard InChI is InChI=1S/C16H16BrClFN/c1-2-20-15(11-5-3-7-13(18)9-11)10-12-6-4-8-14(19)16(12)17/h3-9,15,20H,2,10H2,1H3. The summed E-state index contributed by atoms with van der Waals surface area (Å²) in [5.41, 5.74) is 2.05. The molecule has 0 spiro atoms. The summed E-state index contributed by atoms with van der Waals surface area (Å²) in [5, 5.41) is 4.13. The van der Waals surface area contributed by atoms with Gasteiger partial charge in [-0.2, -0.15) is 0 Å². The van der Waals surface area contributed by atoms with Crippen LogP contribution in [0.3, 0.4) is 0 Å². The summed E-state index contributed by atoms with van der Waals surface area (Å²) in [5.74, 6) is -0.233. The van der Waals surface area contributed by atoms with Gasteiger partial charge in [-0.15, -0.1) is 0 Å². The molecule has 2 rings (SSSR count). The Morgan fingerprint density at radius 1 is 1.25 bits per heavy atom. The Morgan fingerprint density at radius 2 is 2.00 bits per heavy atom. The van der Waals surface area contributed by atoms with Crippen molar-refractivity contribution in [2.45, 2.75) is 19.4 Å². The third-order valence-corrected chi connectivity index (χ3v) is 4.28. The molecule has 106 valence electrons. The molecule has 1 N–H and O–H groups in total. The summed E-state index contributed by atoms with van der Waals surface area (Å²) >= 11 is 9.37. The molecule has 0 saturated carbocycles. The van der Waals surface area contributed by atoms with E-state index in [1.54, 1.807) is 6.07 Å². The molecule has 0 fully saturated rings. The zero-order chi connectivity index (χ0) is 14.5. The largest absolute Gasteiger partial charge is 0.310 e. The van der Waals surface area contributed by atoms with Crippen LogP contribution in [0, 0.1) is 5.82 Å². The highest BCUT2D eigenvalue weighted by Gasteiger charge is 2.14. The number of rotatable bonds is 5. The van der Waals surface area contributed by atoms with Crippen molar-refractivity contribution in [1.82, 2.24) is 5.32 Å². The first-order valence-corrected chi connectivity index (χ1v) is 7.70. The zero-order valence-corrected chi connectivity index (χ0v) is 13.5. The smallest absolute Gasteiger partial charge is 0.137 e. The van der Waals surface area contributed by atoms with Gasteiger partial charge in [-0.25, -0.2) is 4.39 Å². The second-order valence-electron chi connectivity index (χ2n) is 4.58. The van der Waals surface area contributed by atoms with Gasteiger partial charge in [-0.05, 0) is 58.2 Å². The van der Waals surface area contributed by atoms with E-state index >= 15 is 0 Å². The van der Waals surface area contributed by atoms with Crippen LogP contribution < -0.4 is 5.32 Å². The van der Waals surface area contributed by atoms with E-state index in [0.29, 0.717) is 15.9 Å². The first-order valence-electron chi connectivity index (χ1n) is 6.53. The lowest BCUT2D eigenvalue weighted by molar-refractivity contribution is 0.545. The van der Waals surface area contributed by atoms with Crippen molar-refractivity contribution >= 4 is 27.5 Å². The number of likely N-dealkylation sites (N-methyl/N-ethyl adjacent to an activating group) is 1. The summed E-state index contributed by atoms with van der Waals surface area (Å²) < 4.78 is 14.1. The van der Waals surface area contributed by atoms with Crippen molar-refractivity contribution in [3.8, 4) is 0 Å². The highest BCUT2D eigenvalue weighted by atomic mass is 79.9. The maximum atomic E-state index is 13.6. The van der Waals surface area contributed by atoms with Crippen LogP contribution in [0.1, 0.15) is 24.1 Å². The predicted molar refractivity (Wildman–Crippen MR) is 85.7 cm³/mol. The average molecular weight is 357 g/mol. The molecule has 20 heavy (non-hydrogen) atoms. The second-order valence-corrected chi connectivity index (χ2v) is 5.81. The van der Waals surface area contributed by atoms with Gasteiger partial charge in [0.05, 0.1) is 4.47 Å². The molecule has 1 unspecified atom stereocenters. The molecule has 0 heterocycles. The first-order chi connectivity index (χ1) is 9.61. The van der Waals surface area contributed by atoms with Crippen molar-refractivity contribution < 1.29 is 4.39 Å². The van der Waals surface area contributed by atoms with Gasteiger partial charge in [-0.1, -0.05) is 42.8 Å². The molecule has 0 radical (unpaired) electrons. The van der Waals surface area contributed by atoms with E-state index in [-0.39, 0.29) is 11.9 Å². The van der Waals surface area contributed by atoms with Crippen LogP contribution in [-0.2, 0) is 6.42 Å². The summed E-state index contributed by atoms with van der Waals surface area (Å²) in [4.78, 5) is 0. The molecule has 0 bridgehead atoms. The first kappa shape index (κ1) is 15.5. The van der Waals surface area contributed by atoms with Crippen molar-refractivity contribution in [3.05, 3.63) is 68.9 Å². The molecule has 0 amide bonds. The van der Waals surface area contributed by atoms with E-state index < -0.39 is 0 Å². The molecule has 4 heteroatoms. The Hall–Kier alpha value is -0.900. The van der Waals surface area contributed by atoms with Crippen molar-refractivity contribution in [2.24, 2.45) is 0 Å². The Balaban J connectivity index is 2.28. The SMILES string of the molecule is CCNC(Cc1cccc(F)c1Br)c1cccc(Cl)c1. The lowest BCUT2D eigenvalue weighted by atomic mass is 9.99. The number of hydrogen-bond donors (Lipinski definition) is 1. The van der Waals surface area contributed by atoms with Gasteiger partial charge in [0.25, 0.3) is 0 Å². The summed E-state index contributed by atoms with van der Waals surface area (Å²) in [7, 11) is 0. The number of nitrogens with one attached hydrogen (secondary N) is 1. The van der Waals surface area contributed by atoms with E-state index in [4.69, 9.17) is 11.6 Å². The lowest BCUT2D eigenvalue weighted by Gasteiger charge is -2.19. The van der Waals surface area contributed by atoms with Gasteiger partial charge in [0.15, 0.2) is 0 Å². The summed E-state index contributed by atoms with van der Waals surface area (Å²) in [6, 6.07) is 13.0. The number of hydrogen-bond acceptors (Lipinski definition) is 1. The van der Waals surface area contributed by atoms with Crippen molar-refractivity contribution in [1.29, 1.82) is 0 Å². The zero-order valence-electron chi connectivity index (χ0n) is 11.2. The molecular formula is C16H16BrClFN. The fraction of sp³-hybridized carbons (Fsp3) is 0.250. The third-order valence-electron chi connectivity index (χ3n) is 3.16. The van der Waals surface area contributed by atoms with Crippen LogP contribution >= 0.6 is 27.5 Å². The average Bonchev–Trinajstić information content (AvgIpc) is 2.43. The fourth-order valence-electron chi connectivity index (χ4n) is 2.20. The molecule has 0 aromatic heterocycles. The van der Waals surface area contributed by atoms with Gasteiger partial charge in [-0.3, -0.25) is 0 Å². The van der Waals surface area contributed by atoms with E-state index in [1.165, 1.54) is 6.07 Å². The topological polar surface area (TPSA) is 12.0 Å². The van der Waals surface area contributed by atoms with Gasteiger partial charge in [0.1, 0.15) is 5.82 Å². The van der Waals surface area contributed by atoms with E-state index in [0.717, 1.165) is 17.7 Å². The van der Waals surface area contributed by atoms with Gasteiger partial charge in [0.2, 0.25) is 0 Å². The Morgan fingerprint density at radius 3 is 2.70 bits per heavy atom. The molecule has 1 nitrogen and oxygen atoms in total. The van der Waals surface area contributed by atoms with Gasteiger partial charge >= 0.3 is 0 Å². The highest BCUT2D eigenvalue weighted by molar-refractivity contribution is 9.10. The van der Waals surface area contributed by atoms with Gasteiger partial charge in [0, 0.05) is 11.1 Å². The second kappa shape index (κ2) is 7.21. The van der Waals surface area contributed by atoms with E-state index in [2.05, 4.69) is 28.2 Å². The molecule has 1 atom stereocenters. The summed E-state index contributed by atoms with van der Waals surface area (Å²) in [6.07, 6.45) is 0.701. The number of halogens is 3. The Labute approximate surface area is 132 Å². The van der Waals surface area contributed by atoms with Crippen molar-refractivity contribution in [2.75, 3.05) is 6.54 Å². The van der Waals surface area contributed by atoms with E-state index in [1.807, 2.05) is 30.3 Å². The molecule has 0 aliphatic carbocycles. The lowest BCUT2D eigenvalue weighted by Crippen LogP contribution is -2.23. The number of benzene rings is 2. The van der Waals surface area contributed by atoms with Crippen LogP contribution in [0.4, 0.5) is 4.39 Å². The van der Waals surface area contributed by atoms with Crippen LogP contribution in [0.15, 0.2) is 46.9 Å². The molecule has 0 saturated heterocycles. The Kier molecular flexibility index (Phi) is 5.58. The monoisotopic (exact) mass is 355 g/mol.